The van der Waals surface area contributed by atoms with Crippen LogP contribution >= 0.6 is 27.3 Å². The highest BCUT2D eigenvalue weighted by molar-refractivity contribution is 9.10. The Balaban J connectivity index is 1.68. The molecule has 0 spiro atoms. The first-order chi connectivity index (χ1) is 11.1. The van der Waals surface area contributed by atoms with E-state index >= 15 is 0 Å². The molecule has 0 unspecified atom stereocenters. The molecule has 0 saturated heterocycles. The second kappa shape index (κ2) is 7.06. The van der Waals surface area contributed by atoms with E-state index in [4.69, 9.17) is 0 Å². The van der Waals surface area contributed by atoms with E-state index in [0.717, 1.165) is 32.0 Å². The van der Waals surface area contributed by atoms with Crippen LogP contribution in [0.2, 0.25) is 0 Å². The minimum atomic E-state index is -0.0699. The molecule has 2 aromatic carbocycles. The van der Waals surface area contributed by atoms with Crippen molar-refractivity contribution >= 4 is 38.9 Å². The largest absolute Gasteiger partial charge is 0.325 e. The van der Waals surface area contributed by atoms with Crippen LogP contribution in [0.4, 0.5) is 5.69 Å². The predicted molar refractivity (Wildman–Crippen MR) is 98.8 cm³/mol. The molecule has 116 valence electrons. The number of carbonyl (C=O) groups excluding carboxylic acids is 1. The van der Waals surface area contributed by atoms with E-state index in [1.54, 1.807) is 11.3 Å². The number of aryl methyl sites for hydroxylation is 1. The Kier molecular flexibility index (Phi) is 4.88. The fourth-order valence-corrected chi connectivity index (χ4v) is 3.60. The summed E-state index contributed by atoms with van der Waals surface area (Å²) in [7, 11) is 0. The molecule has 0 atom stereocenters. The van der Waals surface area contributed by atoms with Gasteiger partial charge in [-0.05, 0) is 40.5 Å². The van der Waals surface area contributed by atoms with Gasteiger partial charge in [0.2, 0.25) is 5.91 Å². The number of benzene rings is 2. The third-order valence-electron chi connectivity index (χ3n) is 3.31. The zero-order valence-corrected chi connectivity index (χ0v) is 14.9. The van der Waals surface area contributed by atoms with Crippen molar-refractivity contribution in [3.8, 4) is 10.6 Å². The lowest BCUT2D eigenvalue weighted by Gasteiger charge is -2.07. The molecule has 5 heteroatoms. The van der Waals surface area contributed by atoms with Crippen LogP contribution in [-0.4, -0.2) is 10.9 Å². The molecule has 3 nitrogen and oxygen atoms in total. The van der Waals surface area contributed by atoms with Gasteiger partial charge in [0.05, 0.1) is 17.8 Å². The number of nitrogens with one attached hydrogen (secondary N) is 1. The second-order valence-electron chi connectivity index (χ2n) is 5.22. The van der Waals surface area contributed by atoms with Gasteiger partial charge >= 0.3 is 0 Å². The van der Waals surface area contributed by atoms with Crippen molar-refractivity contribution in [3.05, 3.63) is 69.6 Å². The van der Waals surface area contributed by atoms with Crippen molar-refractivity contribution in [1.29, 1.82) is 0 Å². The van der Waals surface area contributed by atoms with Gasteiger partial charge in [-0.1, -0.05) is 36.4 Å². The number of halogens is 1. The number of hydrogen-bond donors (Lipinski definition) is 1. The summed E-state index contributed by atoms with van der Waals surface area (Å²) in [5.74, 6) is -0.0699. The fraction of sp³-hybridized carbons (Fsp3) is 0.111. The van der Waals surface area contributed by atoms with Gasteiger partial charge in [0.1, 0.15) is 5.01 Å². The van der Waals surface area contributed by atoms with E-state index < -0.39 is 0 Å². The van der Waals surface area contributed by atoms with E-state index in [1.165, 1.54) is 0 Å². The smallest absolute Gasteiger partial charge is 0.230 e. The van der Waals surface area contributed by atoms with Crippen molar-refractivity contribution in [3.63, 3.8) is 0 Å². The SMILES string of the molecule is Cc1ccc(NC(=O)Cc2csc(-c3ccccc3)n2)c(Br)c1. The number of rotatable bonds is 4. The number of anilines is 1. The molecule has 0 aliphatic carbocycles. The normalized spacial score (nSPS) is 10.5. The van der Waals surface area contributed by atoms with Gasteiger partial charge in [0.25, 0.3) is 0 Å². The molecule has 23 heavy (non-hydrogen) atoms. The summed E-state index contributed by atoms with van der Waals surface area (Å²) in [6.45, 7) is 2.01. The minimum absolute atomic E-state index is 0.0699. The molecule has 3 rings (SSSR count). The number of aromatic nitrogens is 1. The third-order valence-corrected chi connectivity index (χ3v) is 4.91. The molecule has 3 aromatic rings. The summed E-state index contributed by atoms with van der Waals surface area (Å²) in [5.41, 5.74) is 3.78. The highest BCUT2D eigenvalue weighted by Gasteiger charge is 2.10. The maximum absolute atomic E-state index is 12.2. The molecule has 1 heterocycles. The molecular weight excluding hydrogens is 372 g/mol. The Labute approximate surface area is 147 Å². The number of amides is 1. The van der Waals surface area contributed by atoms with Crippen LogP contribution in [0.5, 0.6) is 0 Å². The molecule has 1 aromatic heterocycles. The summed E-state index contributed by atoms with van der Waals surface area (Å²) >= 11 is 5.02. The summed E-state index contributed by atoms with van der Waals surface area (Å²) < 4.78 is 0.883. The molecule has 0 aliphatic rings. The summed E-state index contributed by atoms with van der Waals surface area (Å²) in [6.07, 6.45) is 0.268. The monoisotopic (exact) mass is 386 g/mol. The third kappa shape index (κ3) is 4.06. The topological polar surface area (TPSA) is 42.0 Å². The van der Waals surface area contributed by atoms with Crippen LogP contribution in [0.15, 0.2) is 58.4 Å². The van der Waals surface area contributed by atoms with Crippen LogP contribution in [0.1, 0.15) is 11.3 Å². The Morgan fingerprint density at radius 2 is 2.00 bits per heavy atom. The average molecular weight is 387 g/mol. The van der Waals surface area contributed by atoms with Crippen LogP contribution in [-0.2, 0) is 11.2 Å². The second-order valence-corrected chi connectivity index (χ2v) is 6.93. The van der Waals surface area contributed by atoms with Gasteiger partial charge in [-0.15, -0.1) is 11.3 Å². The lowest BCUT2D eigenvalue weighted by atomic mass is 10.2. The van der Waals surface area contributed by atoms with Crippen LogP contribution in [0.3, 0.4) is 0 Å². The lowest BCUT2D eigenvalue weighted by Crippen LogP contribution is -2.15. The maximum Gasteiger partial charge on any atom is 0.230 e. The zero-order valence-electron chi connectivity index (χ0n) is 12.5. The van der Waals surface area contributed by atoms with E-state index in [9.17, 15) is 4.79 Å². The first-order valence-electron chi connectivity index (χ1n) is 7.17. The molecule has 1 N–H and O–H groups in total. The Morgan fingerprint density at radius 3 is 2.74 bits per heavy atom. The molecule has 0 bridgehead atoms. The Hall–Kier alpha value is -1.98. The van der Waals surface area contributed by atoms with Crippen molar-refractivity contribution in [2.24, 2.45) is 0 Å². The van der Waals surface area contributed by atoms with Crippen LogP contribution in [0.25, 0.3) is 10.6 Å². The van der Waals surface area contributed by atoms with Crippen molar-refractivity contribution < 1.29 is 4.79 Å². The van der Waals surface area contributed by atoms with E-state index in [2.05, 4.69) is 26.2 Å². The minimum Gasteiger partial charge on any atom is -0.325 e. The van der Waals surface area contributed by atoms with Gasteiger partial charge in [-0.2, -0.15) is 0 Å². The zero-order chi connectivity index (χ0) is 16.2. The number of nitrogens with zero attached hydrogens (tertiary/aromatic N) is 1. The standard InChI is InChI=1S/C18H15BrN2OS/c1-12-7-8-16(15(19)9-12)21-17(22)10-14-11-23-18(20-14)13-5-3-2-4-6-13/h2-9,11H,10H2,1H3,(H,21,22). The van der Waals surface area contributed by atoms with Gasteiger partial charge in [-0.25, -0.2) is 4.98 Å². The highest BCUT2D eigenvalue weighted by atomic mass is 79.9. The maximum atomic E-state index is 12.2. The van der Waals surface area contributed by atoms with Crippen molar-refractivity contribution in [2.75, 3.05) is 5.32 Å². The number of hydrogen-bond acceptors (Lipinski definition) is 3. The summed E-state index contributed by atoms with van der Waals surface area (Å²) in [5, 5.41) is 5.79. The van der Waals surface area contributed by atoms with Crippen LogP contribution < -0.4 is 5.32 Å². The van der Waals surface area contributed by atoms with Crippen LogP contribution in [0, 0.1) is 6.92 Å². The van der Waals surface area contributed by atoms with E-state index in [-0.39, 0.29) is 12.3 Å². The summed E-state index contributed by atoms with van der Waals surface area (Å²) in [4.78, 5) is 16.7. The van der Waals surface area contributed by atoms with Crippen molar-refractivity contribution in [1.82, 2.24) is 4.98 Å². The van der Waals surface area contributed by atoms with Gasteiger partial charge in [0, 0.05) is 15.4 Å². The quantitative estimate of drug-likeness (QED) is 0.680. The van der Waals surface area contributed by atoms with E-state index in [0.29, 0.717) is 0 Å². The first kappa shape index (κ1) is 15.9. The van der Waals surface area contributed by atoms with E-state index in [1.807, 2.05) is 60.8 Å². The average Bonchev–Trinajstić information content (AvgIpc) is 2.99. The van der Waals surface area contributed by atoms with Gasteiger partial charge in [-0.3, -0.25) is 4.79 Å². The van der Waals surface area contributed by atoms with Gasteiger partial charge < -0.3 is 5.32 Å². The Morgan fingerprint density at radius 1 is 1.22 bits per heavy atom. The molecule has 0 saturated carbocycles. The predicted octanol–water partition coefficient (Wildman–Crippen LogP) is 5.06. The first-order valence-corrected chi connectivity index (χ1v) is 8.85. The fourth-order valence-electron chi connectivity index (χ4n) is 2.18. The lowest BCUT2D eigenvalue weighted by molar-refractivity contribution is -0.115. The summed E-state index contributed by atoms with van der Waals surface area (Å²) in [6, 6.07) is 15.8. The molecule has 0 fully saturated rings. The number of thiazole rings is 1. The molecule has 0 radical (unpaired) electrons. The molecule has 0 aliphatic heterocycles. The Bertz CT molecular complexity index is 830. The molecular formula is C18H15BrN2OS. The number of carbonyl (C=O) groups is 1. The molecule has 1 amide bonds. The van der Waals surface area contributed by atoms with Gasteiger partial charge in [0.15, 0.2) is 0 Å². The van der Waals surface area contributed by atoms with Crippen molar-refractivity contribution in [2.45, 2.75) is 13.3 Å². The highest BCUT2D eigenvalue weighted by Crippen LogP contribution is 2.25.